The predicted molar refractivity (Wildman–Crippen MR) is 178 cm³/mol. The van der Waals surface area contributed by atoms with E-state index in [2.05, 4.69) is 19.6 Å². The van der Waals surface area contributed by atoms with Gasteiger partial charge in [-0.1, -0.05) is 50.0 Å². The number of carbonyl (C=O) groups excluding carboxylic acids is 1. The molecule has 3 aromatic rings. The fourth-order valence-corrected chi connectivity index (χ4v) is 5.83. The van der Waals surface area contributed by atoms with Crippen LogP contribution in [-0.2, 0) is 38.6 Å². The maximum absolute atomic E-state index is 12.6. The van der Waals surface area contributed by atoms with Crippen LogP contribution in [-0.4, -0.2) is 64.6 Å². The van der Waals surface area contributed by atoms with Gasteiger partial charge in [0, 0.05) is 40.6 Å². The van der Waals surface area contributed by atoms with Crippen molar-refractivity contribution in [1.29, 1.82) is 0 Å². The van der Waals surface area contributed by atoms with Crippen molar-refractivity contribution in [1.82, 2.24) is 4.90 Å². The lowest BCUT2D eigenvalue weighted by Crippen LogP contribution is -2.35. The van der Waals surface area contributed by atoms with Gasteiger partial charge in [-0.2, -0.15) is 0 Å². The van der Waals surface area contributed by atoms with Crippen LogP contribution >= 0.6 is 0 Å². The Bertz CT molecular complexity index is 1420. The van der Waals surface area contributed by atoms with Gasteiger partial charge in [0.25, 0.3) is 0 Å². The number of rotatable bonds is 16. The average Bonchev–Trinajstić information content (AvgIpc) is 3.40. The molecule has 2 aliphatic heterocycles. The molecule has 0 aliphatic carbocycles. The highest BCUT2D eigenvalue weighted by molar-refractivity contribution is 6.76. The second-order valence-electron chi connectivity index (χ2n) is 13.4. The van der Waals surface area contributed by atoms with Crippen molar-refractivity contribution in [3.63, 3.8) is 0 Å². The Kier molecular flexibility index (Phi) is 11.3. The van der Waals surface area contributed by atoms with Gasteiger partial charge in [-0.05, 0) is 65.6 Å². The van der Waals surface area contributed by atoms with E-state index in [0.717, 1.165) is 58.6 Å². The minimum atomic E-state index is -1.08. The first-order valence-corrected chi connectivity index (χ1v) is 19.7. The standard InChI is InChI=1S/C36H47NO8Si/c1-36(2)43-25-30-22-29(10-15-33(30)45-36)34-23-37(35(38)44-34)17-16-27-6-11-31(12-7-27)41-19-18-39-24-28-8-13-32(14-9-28)42-26-40-20-21-46(3,4)5/h6-15,22,34H,16-21,23-26H2,1-5H3/t34-/m0/s1. The van der Waals surface area contributed by atoms with Crippen molar-refractivity contribution in [2.24, 2.45) is 0 Å². The van der Waals surface area contributed by atoms with Gasteiger partial charge in [0.1, 0.15) is 30.0 Å². The summed E-state index contributed by atoms with van der Waals surface area (Å²) >= 11 is 0. The minimum Gasteiger partial charge on any atom is -0.491 e. The van der Waals surface area contributed by atoms with Crippen LogP contribution in [0.4, 0.5) is 4.79 Å². The number of benzene rings is 3. The predicted octanol–water partition coefficient (Wildman–Crippen LogP) is 7.35. The van der Waals surface area contributed by atoms with Crippen LogP contribution in [0.2, 0.25) is 25.7 Å². The normalized spacial score (nSPS) is 17.3. The Morgan fingerprint density at radius 3 is 2.33 bits per heavy atom. The smallest absolute Gasteiger partial charge is 0.410 e. The Labute approximate surface area is 273 Å². The molecule has 0 N–H and O–H groups in total. The van der Waals surface area contributed by atoms with Gasteiger partial charge in [-0.3, -0.25) is 0 Å². The molecule has 2 aliphatic rings. The number of ether oxygens (including phenoxy) is 7. The highest BCUT2D eigenvalue weighted by Crippen LogP contribution is 2.35. The summed E-state index contributed by atoms with van der Waals surface area (Å²) in [5.41, 5.74) is 4.10. The zero-order chi connectivity index (χ0) is 32.6. The van der Waals surface area contributed by atoms with Gasteiger partial charge in [0.2, 0.25) is 5.79 Å². The Balaban J connectivity index is 0.959. The van der Waals surface area contributed by atoms with Gasteiger partial charge in [-0.25, -0.2) is 4.79 Å². The molecule has 9 nitrogen and oxygen atoms in total. The van der Waals surface area contributed by atoms with E-state index in [-0.39, 0.29) is 19.0 Å². The number of carbonyl (C=O) groups is 1. The van der Waals surface area contributed by atoms with Crippen molar-refractivity contribution < 1.29 is 38.0 Å². The molecule has 1 saturated heterocycles. The van der Waals surface area contributed by atoms with Crippen LogP contribution in [0.15, 0.2) is 66.7 Å². The van der Waals surface area contributed by atoms with E-state index in [1.165, 1.54) is 0 Å². The molecule has 1 atom stereocenters. The lowest BCUT2D eigenvalue weighted by Gasteiger charge is -2.32. The average molecular weight is 650 g/mol. The van der Waals surface area contributed by atoms with Gasteiger partial charge in [-0.15, -0.1) is 0 Å². The largest absolute Gasteiger partial charge is 0.491 e. The fourth-order valence-electron chi connectivity index (χ4n) is 5.08. The van der Waals surface area contributed by atoms with Crippen molar-refractivity contribution in [3.8, 4) is 17.2 Å². The highest BCUT2D eigenvalue weighted by Gasteiger charge is 2.34. The molecule has 0 unspecified atom stereocenters. The number of nitrogens with zero attached hydrogens (tertiary/aromatic N) is 1. The molecule has 0 radical (unpaired) electrons. The maximum Gasteiger partial charge on any atom is 0.410 e. The van der Waals surface area contributed by atoms with Crippen molar-refractivity contribution in [2.75, 3.05) is 39.7 Å². The van der Waals surface area contributed by atoms with E-state index >= 15 is 0 Å². The lowest BCUT2D eigenvalue weighted by atomic mass is 10.0. The molecule has 1 fully saturated rings. The zero-order valence-corrected chi connectivity index (χ0v) is 28.7. The van der Waals surface area contributed by atoms with Crippen LogP contribution in [0.5, 0.6) is 17.2 Å². The Hall–Kier alpha value is -3.57. The lowest BCUT2D eigenvalue weighted by molar-refractivity contribution is -0.180. The quantitative estimate of drug-likeness (QED) is 0.0905. The van der Waals surface area contributed by atoms with Gasteiger partial charge >= 0.3 is 6.09 Å². The summed E-state index contributed by atoms with van der Waals surface area (Å²) in [6, 6.07) is 22.9. The monoisotopic (exact) mass is 649 g/mol. The number of hydrogen-bond donors (Lipinski definition) is 0. The Morgan fingerprint density at radius 1 is 0.870 bits per heavy atom. The summed E-state index contributed by atoms with van der Waals surface area (Å²) in [4.78, 5) is 14.3. The summed E-state index contributed by atoms with van der Waals surface area (Å²) in [6.07, 6.45) is 0.119. The summed E-state index contributed by atoms with van der Waals surface area (Å²) in [7, 11) is -1.08. The first-order chi connectivity index (χ1) is 22.0. The third kappa shape index (κ3) is 10.2. The molecule has 5 rings (SSSR count). The third-order valence-electron chi connectivity index (χ3n) is 7.86. The van der Waals surface area contributed by atoms with Gasteiger partial charge in [0.05, 0.1) is 26.4 Å². The van der Waals surface area contributed by atoms with Crippen LogP contribution in [0.1, 0.15) is 42.2 Å². The van der Waals surface area contributed by atoms with E-state index in [1.807, 2.05) is 80.6 Å². The number of hydrogen-bond acceptors (Lipinski definition) is 8. The van der Waals surface area contributed by atoms with E-state index in [9.17, 15) is 4.79 Å². The number of amides is 1. The van der Waals surface area contributed by atoms with E-state index in [0.29, 0.717) is 39.5 Å². The molecular formula is C36H47NO8Si. The van der Waals surface area contributed by atoms with Crippen LogP contribution < -0.4 is 14.2 Å². The molecule has 0 aromatic heterocycles. The summed E-state index contributed by atoms with van der Waals surface area (Å²) in [5.74, 6) is 1.74. The van der Waals surface area contributed by atoms with E-state index in [1.54, 1.807) is 4.90 Å². The molecule has 46 heavy (non-hydrogen) atoms. The first kappa shape index (κ1) is 33.8. The first-order valence-electron chi connectivity index (χ1n) is 16.0. The van der Waals surface area contributed by atoms with Crippen molar-refractivity contribution in [2.45, 2.75) is 71.1 Å². The molecule has 3 aromatic carbocycles. The van der Waals surface area contributed by atoms with Crippen LogP contribution in [0.3, 0.4) is 0 Å². The molecule has 0 bridgehead atoms. The molecule has 248 valence electrons. The number of cyclic esters (lactones) is 1. The SMILES string of the molecule is CC1(C)OCc2cc([C@@H]3CN(CCc4ccc(OCCOCc5ccc(OCOCC[Si](C)(C)C)cc5)cc4)C(=O)O3)ccc2O1. The molecule has 1 amide bonds. The topological polar surface area (TPSA) is 84.9 Å². The van der Waals surface area contributed by atoms with E-state index < -0.39 is 13.9 Å². The molecule has 0 saturated carbocycles. The molecule has 10 heteroatoms. The summed E-state index contributed by atoms with van der Waals surface area (Å²) < 4.78 is 40.2. The summed E-state index contributed by atoms with van der Waals surface area (Å²) in [5, 5.41) is 0. The second kappa shape index (κ2) is 15.3. The fraction of sp³-hybridized carbons (Fsp3) is 0.472. The highest BCUT2D eigenvalue weighted by atomic mass is 28.3. The molecular weight excluding hydrogens is 602 g/mol. The van der Waals surface area contributed by atoms with Crippen molar-refractivity contribution in [3.05, 3.63) is 89.0 Å². The molecule has 0 spiro atoms. The molecule has 2 heterocycles. The Morgan fingerprint density at radius 2 is 1.59 bits per heavy atom. The van der Waals surface area contributed by atoms with E-state index in [4.69, 9.17) is 33.2 Å². The number of fused-ring (bicyclic) bond motifs is 1. The van der Waals surface area contributed by atoms with Gasteiger partial charge < -0.3 is 38.1 Å². The van der Waals surface area contributed by atoms with Crippen molar-refractivity contribution >= 4 is 14.2 Å². The van der Waals surface area contributed by atoms with Crippen LogP contribution in [0, 0.1) is 0 Å². The zero-order valence-electron chi connectivity index (χ0n) is 27.7. The van der Waals surface area contributed by atoms with Gasteiger partial charge in [0.15, 0.2) is 6.79 Å². The minimum absolute atomic E-state index is 0.272. The maximum atomic E-state index is 12.6. The third-order valence-corrected chi connectivity index (χ3v) is 9.57. The summed E-state index contributed by atoms with van der Waals surface area (Å²) in [6.45, 7) is 14.8. The van der Waals surface area contributed by atoms with Crippen LogP contribution in [0.25, 0.3) is 0 Å². The second-order valence-corrected chi connectivity index (χ2v) is 19.0.